The van der Waals surface area contributed by atoms with Crippen LogP contribution in [0.3, 0.4) is 0 Å². The highest BCUT2D eigenvalue weighted by molar-refractivity contribution is 7.71. The van der Waals surface area contributed by atoms with Crippen LogP contribution in [0.15, 0.2) is 30.3 Å². The fourth-order valence-electron chi connectivity index (χ4n) is 1.56. The molecule has 0 aliphatic rings. The van der Waals surface area contributed by atoms with Crippen molar-refractivity contribution in [2.75, 3.05) is 6.61 Å². The lowest BCUT2D eigenvalue weighted by Crippen LogP contribution is -1.97. The standard InChI is InChI=1S/C12H14N2OS/c1-3-15-11-6-4-10(5-7-11)14-12(16)8-9(2)13-14/h4-8,13H,3H2,1-2H3. The van der Waals surface area contributed by atoms with Gasteiger partial charge in [-0.1, -0.05) is 12.2 Å². The lowest BCUT2D eigenvalue weighted by atomic mass is 10.3. The summed E-state index contributed by atoms with van der Waals surface area (Å²) in [4.78, 5) is 0. The van der Waals surface area contributed by atoms with Crippen LogP contribution in [0.25, 0.3) is 5.69 Å². The molecule has 3 nitrogen and oxygen atoms in total. The van der Waals surface area contributed by atoms with Crippen molar-refractivity contribution in [2.24, 2.45) is 0 Å². The van der Waals surface area contributed by atoms with Gasteiger partial charge in [-0.3, -0.25) is 5.10 Å². The van der Waals surface area contributed by atoms with Crippen molar-refractivity contribution in [3.8, 4) is 11.4 Å². The van der Waals surface area contributed by atoms with E-state index in [2.05, 4.69) is 5.10 Å². The van der Waals surface area contributed by atoms with Crippen molar-refractivity contribution >= 4 is 12.2 Å². The molecule has 0 radical (unpaired) electrons. The number of aryl methyl sites for hydroxylation is 1. The van der Waals surface area contributed by atoms with Gasteiger partial charge in [0.15, 0.2) is 0 Å². The monoisotopic (exact) mass is 234 g/mol. The molecule has 1 heterocycles. The van der Waals surface area contributed by atoms with E-state index in [1.54, 1.807) is 0 Å². The van der Waals surface area contributed by atoms with Gasteiger partial charge in [0.1, 0.15) is 10.4 Å². The number of nitrogens with zero attached hydrogens (tertiary/aromatic N) is 1. The Morgan fingerprint density at radius 2 is 2.00 bits per heavy atom. The molecule has 1 aromatic carbocycles. The number of nitrogens with one attached hydrogen (secondary N) is 1. The van der Waals surface area contributed by atoms with Gasteiger partial charge in [0.2, 0.25) is 0 Å². The van der Waals surface area contributed by atoms with Gasteiger partial charge in [-0.2, -0.15) is 0 Å². The van der Waals surface area contributed by atoms with Crippen LogP contribution < -0.4 is 4.74 Å². The normalized spacial score (nSPS) is 10.4. The van der Waals surface area contributed by atoms with Crippen molar-refractivity contribution < 1.29 is 4.74 Å². The highest BCUT2D eigenvalue weighted by Gasteiger charge is 2.00. The van der Waals surface area contributed by atoms with Gasteiger partial charge in [-0.05, 0) is 44.2 Å². The minimum absolute atomic E-state index is 0.681. The molecule has 0 saturated carbocycles. The van der Waals surface area contributed by atoms with Crippen molar-refractivity contribution in [3.05, 3.63) is 40.7 Å². The summed E-state index contributed by atoms with van der Waals surface area (Å²) >= 11 is 5.24. The van der Waals surface area contributed by atoms with Crippen LogP contribution in [-0.2, 0) is 0 Å². The van der Waals surface area contributed by atoms with E-state index in [4.69, 9.17) is 17.0 Å². The molecule has 2 aromatic rings. The largest absolute Gasteiger partial charge is 0.494 e. The highest BCUT2D eigenvalue weighted by atomic mass is 32.1. The van der Waals surface area contributed by atoms with Crippen LogP contribution in [0.5, 0.6) is 5.75 Å². The van der Waals surface area contributed by atoms with Gasteiger partial charge < -0.3 is 4.74 Å². The minimum atomic E-state index is 0.681. The Hall–Kier alpha value is -1.55. The molecule has 0 unspecified atom stereocenters. The number of rotatable bonds is 3. The van der Waals surface area contributed by atoms with Crippen molar-refractivity contribution in [3.63, 3.8) is 0 Å². The summed E-state index contributed by atoms with van der Waals surface area (Å²) in [6, 6.07) is 9.78. The van der Waals surface area contributed by atoms with E-state index in [0.29, 0.717) is 6.61 Å². The summed E-state index contributed by atoms with van der Waals surface area (Å²) < 4.78 is 8.04. The molecule has 0 fully saturated rings. The third kappa shape index (κ3) is 2.17. The van der Waals surface area contributed by atoms with Crippen molar-refractivity contribution in [1.29, 1.82) is 0 Å². The Bertz CT molecular complexity index is 525. The molecule has 1 aromatic heterocycles. The molecule has 1 N–H and O–H groups in total. The lowest BCUT2D eigenvalue weighted by molar-refractivity contribution is 0.340. The Kier molecular flexibility index (Phi) is 3.10. The molecule has 0 saturated heterocycles. The van der Waals surface area contributed by atoms with E-state index in [9.17, 15) is 0 Å². The summed E-state index contributed by atoms with van der Waals surface area (Å²) in [5.41, 5.74) is 2.07. The Balaban J connectivity index is 2.34. The highest BCUT2D eigenvalue weighted by Crippen LogP contribution is 2.15. The maximum Gasteiger partial charge on any atom is 0.127 e. The second kappa shape index (κ2) is 4.53. The predicted molar refractivity (Wildman–Crippen MR) is 66.9 cm³/mol. The SMILES string of the molecule is CCOc1ccc(-n2[nH]c(C)cc2=S)cc1. The van der Waals surface area contributed by atoms with Crippen LogP contribution in [0, 0.1) is 11.6 Å². The second-order valence-corrected chi connectivity index (χ2v) is 3.96. The van der Waals surface area contributed by atoms with E-state index in [1.165, 1.54) is 0 Å². The lowest BCUT2D eigenvalue weighted by Gasteiger charge is -2.05. The number of hydrogen-bond donors (Lipinski definition) is 1. The molecule has 0 aliphatic heterocycles. The zero-order valence-corrected chi connectivity index (χ0v) is 10.2. The Morgan fingerprint density at radius 3 is 2.50 bits per heavy atom. The quantitative estimate of drug-likeness (QED) is 0.826. The maximum absolute atomic E-state index is 5.39. The molecule has 2 rings (SSSR count). The first-order valence-corrected chi connectivity index (χ1v) is 5.63. The number of aromatic amines is 1. The van der Waals surface area contributed by atoms with E-state index < -0.39 is 0 Å². The fraction of sp³-hybridized carbons (Fsp3) is 0.250. The summed E-state index contributed by atoms with van der Waals surface area (Å²) in [5.74, 6) is 0.876. The Morgan fingerprint density at radius 1 is 1.31 bits per heavy atom. The van der Waals surface area contributed by atoms with Crippen LogP contribution >= 0.6 is 12.2 Å². The smallest absolute Gasteiger partial charge is 0.127 e. The third-order valence-electron chi connectivity index (χ3n) is 2.25. The average Bonchev–Trinajstić information content (AvgIpc) is 2.59. The summed E-state index contributed by atoms with van der Waals surface area (Å²) in [7, 11) is 0. The van der Waals surface area contributed by atoms with Gasteiger partial charge >= 0.3 is 0 Å². The van der Waals surface area contributed by atoms with Crippen LogP contribution in [0.4, 0.5) is 0 Å². The number of aromatic nitrogens is 2. The van der Waals surface area contributed by atoms with E-state index in [0.717, 1.165) is 21.8 Å². The van der Waals surface area contributed by atoms with Crippen molar-refractivity contribution in [2.45, 2.75) is 13.8 Å². The zero-order chi connectivity index (χ0) is 11.5. The minimum Gasteiger partial charge on any atom is -0.494 e. The molecule has 16 heavy (non-hydrogen) atoms. The number of hydrogen-bond acceptors (Lipinski definition) is 2. The average molecular weight is 234 g/mol. The summed E-state index contributed by atoms with van der Waals surface area (Å²) in [6.45, 7) is 4.64. The summed E-state index contributed by atoms with van der Waals surface area (Å²) in [5, 5.41) is 3.18. The van der Waals surface area contributed by atoms with E-state index in [1.807, 2.05) is 48.9 Å². The first kappa shape index (κ1) is 11.0. The van der Waals surface area contributed by atoms with Crippen LogP contribution in [0.2, 0.25) is 0 Å². The van der Waals surface area contributed by atoms with Crippen LogP contribution in [-0.4, -0.2) is 16.4 Å². The number of benzene rings is 1. The van der Waals surface area contributed by atoms with E-state index >= 15 is 0 Å². The fourth-order valence-corrected chi connectivity index (χ4v) is 1.89. The molecule has 0 amide bonds. The zero-order valence-electron chi connectivity index (χ0n) is 9.36. The molecular weight excluding hydrogens is 220 g/mol. The third-order valence-corrected chi connectivity index (χ3v) is 2.55. The number of ether oxygens (including phenoxy) is 1. The molecule has 84 valence electrons. The van der Waals surface area contributed by atoms with Gasteiger partial charge in [0.25, 0.3) is 0 Å². The first-order valence-electron chi connectivity index (χ1n) is 5.22. The molecule has 0 aliphatic carbocycles. The predicted octanol–water partition coefficient (Wildman–Crippen LogP) is 3.24. The molecule has 0 atom stereocenters. The number of H-pyrrole nitrogens is 1. The molecule has 4 heteroatoms. The van der Waals surface area contributed by atoms with Gasteiger partial charge in [-0.25, -0.2) is 4.68 Å². The van der Waals surface area contributed by atoms with Gasteiger partial charge in [-0.15, -0.1) is 0 Å². The van der Waals surface area contributed by atoms with Gasteiger partial charge in [0, 0.05) is 5.69 Å². The van der Waals surface area contributed by atoms with Crippen molar-refractivity contribution in [1.82, 2.24) is 9.78 Å². The second-order valence-electron chi connectivity index (χ2n) is 3.54. The molecule has 0 bridgehead atoms. The Labute approximate surface area is 99.7 Å². The maximum atomic E-state index is 5.39. The van der Waals surface area contributed by atoms with E-state index in [-0.39, 0.29) is 0 Å². The van der Waals surface area contributed by atoms with Crippen LogP contribution in [0.1, 0.15) is 12.6 Å². The van der Waals surface area contributed by atoms with Gasteiger partial charge in [0.05, 0.1) is 12.3 Å². The topological polar surface area (TPSA) is 29.9 Å². The first-order chi connectivity index (χ1) is 7.70. The molecule has 0 spiro atoms. The summed E-state index contributed by atoms with van der Waals surface area (Å²) in [6.07, 6.45) is 0. The molecular formula is C12H14N2OS.